The van der Waals surface area contributed by atoms with Crippen LogP contribution < -0.4 is 0 Å². The molecule has 0 saturated heterocycles. The first-order chi connectivity index (χ1) is 9.56. The molecule has 2 aromatic carbocycles. The van der Waals surface area contributed by atoms with Crippen molar-refractivity contribution in [1.82, 2.24) is 4.98 Å². The highest BCUT2D eigenvalue weighted by Gasteiger charge is 2.15. The van der Waals surface area contributed by atoms with Crippen molar-refractivity contribution < 1.29 is 14.3 Å². The number of halogens is 1. The molecule has 0 radical (unpaired) electrons. The Balaban J connectivity index is 2.20. The molecule has 100 valence electrons. The summed E-state index contributed by atoms with van der Waals surface area (Å²) in [6.45, 7) is 1.97. The fourth-order valence-corrected chi connectivity index (χ4v) is 2.27. The first kappa shape index (κ1) is 12.9. The van der Waals surface area contributed by atoms with Crippen LogP contribution in [0.4, 0.5) is 0 Å². The van der Waals surface area contributed by atoms with Gasteiger partial charge in [-0.05, 0) is 42.8 Å². The third kappa shape index (κ3) is 2.10. The zero-order valence-electron chi connectivity index (χ0n) is 10.6. The molecule has 20 heavy (non-hydrogen) atoms. The molecule has 0 aliphatic rings. The second-order valence-corrected chi connectivity index (χ2v) is 5.30. The molecule has 0 fully saturated rings. The van der Waals surface area contributed by atoms with Crippen molar-refractivity contribution in [3.63, 3.8) is 0 Å². The van der Waals surface area contributed by atoms with Gasteiger partial charge in [0.2, 0.25) is 5.89 Å². The predicted molar refractivity (Wildman–Crippen MR) is 78.8 cm³/mol. The quantitative estimate of drug-likeness (QED) is 0.761. The van der Waals surface area contributed by atoms with E-state index < -0.39 is 5.97 Å². The van der Waals surface area contributed by atoms with E-state index in [1.807, 2.05) is 25.1 Å². The average molecular weight is 332 g/mol. The molecule has 0 bridgehead atoms. The van der Waals surface area contributed by atoms with Crippen LogP contribution in [0.2, 0.25) is 0 Å². The molecule has 0 aliphatic carbocycles. The van der Waals surface area contributed by atoms with Gasteiger partial charge in [-0.15, -0.1) is 0 Å². The molecule has 0 spiro atoms. The third-order valence-electron chi connectivity index (χ3n) is 3.05. The first-order valence-corrected chi connectivity index (χ1v) is 6.75. The molecule has 0 amide bonds. The van der Waals surface area contributed by atoms with Crippen LogP contribution in [0.3, 0.4) is 0 Å². The Morgan fingerprint density at radius 2 is 2.10 bits per heavy atom. The van der Waals surface area contributed by atoms with Gasteiger partial charge < -0.3 is 9.52 Å². The van der Waals surface area contributed by atoms with Crippen molar-refractivity contribution in [2.75, 3.05) is 0 Å². The largest absolute Gasteiger partial charge is 0.478 e. The average Bonchev–Trinajstić information content (AvgIpc) is 2.85. The molecule has 3 aromatic rings. The summed E-state index contributed by atoms with van der Waals surface area (Å²) in [5.41, 5.74) is 2.84. The van der Waals surface area contributed by atoms with Crippen LogP contribution in [0.1, 0.15) is 15.9 Å². The maximum absolute atomic E-state index is 11.2. The van der Waals surface area contributed by atoms with Crippen LogP contribution in [0.25, 0.3) is 22.6 Å². The summed E-state index contributed by atoms with van der Waals surface area (Å²) in [5, 5.41) is 9.15. The number of para-hydroxylation sites is 1. The standard InChI is InChI=1S/C15H10BrNO3/c1-8-7-9(5-6-11(8)16)14-17-12-4-2-3-10(15(18)19)13(12)20-14/h2-7H,1H3,(H,18,19). The lowest BCUT2D eigenvalue weighted by Gasteiger charge is -2.00. The normalized spacial score (nSPS) is 10.9. The molecule has 0 saturated carbocycles. The van der Waals surface area contributed by atoms with Gasteiger partial charge in [-0.1, -0.05) is 22.0 Å². The molecular formula is C15H10BrNO3. The summed E-state index contributed by atoms with van der Waals surface area (Å²) in [7, 11) is 0. The number of aryl methyl sites for hydroxylation is 1. The number of carboxylic acid groups (broad SMARTS) is 1. The number of aromatic nitrogens is 1. The number of hydrogen-bond donors (Lipinski definition) is 1. The van der Waals surface area contributed by atoms with Crippen LogP contribution in [-0.2, 0) is 0 Å². The summed E-state index contributed by atoms with van der Waals surface area (Å²) in [4.78, 5) is 15.5. The first-order valence-electron chi connectivity index (χ1n) is 5.95. The Labute approximate surface area is 123 Å². The van der Waals surface area contributed by atoms with E-state index in [2.05, 4.69) is 20.9 Å². The maximum Gasteiger partial charge on any atom is 0.339 e. The van der Waals surface area contributed by atoms with Crippen LogP contribution in [0.15, 0.2) is 45.3 Å². The monoisotopic (exact) mass is 331 g/mol. The lowest BCUT2D eigenvalue weighted by molar-refractivity contribution is 0.0698. The van der Waals surface area contributed by atoms with Crippen molar-refractivity contribution in [3.05, 3.63) is 52.0 Å². The van der Waals surface area contributed by atoms with E-state index in [4.69, 9.17) is 9.52 Å². The van der Waals surface area contributed by atoms with Gasteiger partial charge in [-0.3, -0.25) is 0 Å². The van der Waals surface area contributed by atoms with Crippen LogP contribution in [-0.4, -0.2) is 16.1 Å². The lowest BCUT2D eigenvalue weighted by atomic mass is 10.1. The number of oxazole rings is 1. The summed E-state index contributed by atoms with van der Waals surface area (Å²) in [5.74, 6) is -0.602. The topological polar surface area (TPSA) is 63.3 Å². The molecule has 0 unspecified atom stereocenters. The van der Waals surface area contributed by atoms with E-state index in [9.17, 15) is 4.79 Å². The van der Waals surface area contributed by atoms with Gasteiger partial charge in [0.05, 0.1) is 0 Å². The highest BCUT2D eigenvalue weighted by atomic mass is 79.9. The molecule has 1 N–H and O–H groups in total. The third-order valence-corrected chi connectivity index (χ3v) is 3.94. The van der Waals surface area contributed by atoms with Gasteiger partial charge in [-0.25, -0.2) is 9.78 Å². The minimum atomic E-state index is -1.02. The van der Waals surface area contributed by atoms with Gasteiger partial charge in [0.25, 0.3) is 0 Å². The number of hydrogen-bond acceptors (Lipinski definition) is 3. The Hall–Kier alpha value is -2.14. The Kier molecular flexibility index (Phi) is 3.06. The Morgan fingerprint density at radius 1 is 1.30 bits per heavy atom. The van der Waals surface area contributed by atoms with Gasteiger partial charge >= 0.3 is 5.97 Å². The minimum absolute atomic E-state index is 0.120. The molecule has 3 rings (SSSR count). The zero-order chi connectivity index (χ0) is 14.3. The van der Waals surface area contributed by atoms with Crippen molar-refractivity contribution in [3.8, 4) is 11.5 Å². The molecule has 1 heterocycles. The van der Waals surface area contributed by atoms with Crippen LogP contribution >= 0.6 is 15.9 Å². The van der Waals surface area contributed by atoms with Crippen molar-refractivity contribution in [1.29, 1.82) is 0 Å². The number of aromatic carboxylic acids is 1. The fraction of sp³-hybridized carbons (Fsp3) is 0.0667. The smallest absolute Gasteiger partial charge is 0.339 e. The fourth-order valence-electron chi connectivity index (χ4n) is 2.02. The van der Waals surface area contributed by atoms with E-state index in [-0.39, 0.29) is 5.56 Å². The van der Waals surface area contributed by atoms with E-state index in [0.29, 0.717) is 17.0 Å². The number of rotatable bonds is 2. The highest BCUT2D eigenvalue weighted by Crippen LogP contribution is 2.29. The number of nitrogens with zero attached hydrogens (tertiary/aromatic N) is 1. The molecular weight excluding hydrogens is 322 g/mol. The molecule has 0 atom stereocenters. The van der Waals surface area contributed by atoms with Crippen molar-refractivity contribution in [2.24, 2.45) is 0 Å². The van der Waals surface area contributed by atoms with Crippen LogP contribution in [0, 0.1) is 6.92 Å². The van der Waals surface area contributed by atoms with Gasteiger partial charge in [0, 0.05) is 10.0 Å². The Morgan fingerprint density at radius 3 is 2.80 bits per heavy atom. The van der Waals surface area contributed by atoms with E-state index in [0.717, 1.165) is 15.6 Å². The molecule has 5 heteroatoms. The second kappa shape index (κ2) is 4.76. The summed E-state index contributed by atoms with van der Waals surface area (Å²) in [6, 6.07) is 10.6. The number of benzene rings is 2. The zero-order valence-corrected chi connectivity index (χ0v) is 12.1. The minimum Gasteiger partial charge on any atom is -0.478 e. The second-order valence-electron chi connectivity index (χ2n) is 4.44. The van der Waals surface area contributed by atoms with Crippen molar-refractivity contribution in [2.45, 2.75) is 6.92 Å². The van der Waals surface area contributed by atoms with E-state index in [1.54, 1.807) is 12.1 Å². The van der Waals surface area contributed by atoms with E-state index >= 15 is 0 Å². The maximum atomic E-state index is 11.2. The van der Waals surface area contributed by atoms with Gasteiger partial charge in [0.15, 0.2) is 5.58 Å². The highest BCUT2D eigenvalue weighted by molar-refractivity contribution is 9.10. The van der Waals surface area contributed by atoms with Crippen LogP contribution in [0.5, 0.6) is 0 Å². The van der Waals surface area contributed by atoms with Gasteiger partial charge in [-0.2, -0.15) is 0 Å². The van der Waals surface area contributed by atoms with Crippen molar-refractivity contribution >= 4 is 33.0 Å². The molecule has 4 nitrogen and oxygen atoms in total. The summed E-state index contributed by atoms with van der Waals surface area (Å²) < 4.78 is 6.64. The predicted octanol–water partition coefficient (Wildman–Crippen LogP) is 4.26. The summed E-state index contributed by atoms with van der Waals surface area (Å²) >= 11 is 3.44. The van der Waals surface area contributed by atoms with Gasteiger partial charge in [0.1, 0.15) is 11.1 Å². The Bertz CT molecular complexity index is 823. The lowest BCUT2D eigenvalue weighted by Crippen LogP contribution is -1.95. The summed E-state index contributed by atoms with van der Waals surface area (Å²) in [6.07, 6.45) is 0. The molecule has 1 aromatic heterocycles. The SMILES string of the molecule is Cc1cc(-c2nc3cccc(C(=O)O)c3o2)ccc1Br. The number of fused-ring (bicyclic) bond motifs is 1. The number of carbonyl (C=O) groups is 1. The molecule has 0 aliphatic heterocycles. The van der Waals surface area contributed by atoms with E-state index in [1.165, 1.54) is 6.07 Å². The number of carboxylic acids is 1.